The van der Waals surface area contributed by atoms with Crippen molar-refractivity contribution in [1.29, 1.82) is 0 Å². The van der Waals surface area contributed by atoms with E-state index in [4.69, 9.17) is 0 Å². The third-order valence-electron chi connectivity index (χ3n) is 7.37. The van der Waals surface area contributed by atoms with E-state index in [-0.39, 0.29) is 0 Å². The Balaban J connectivity index is 1.63. The molecule has 4 heterocycles. The Morgan fingerprint density at radius 1 is 0.750 bits per heavy atom. The Kier molecular flexibility index (Phi) is 6.10. The van der Waals surface area contributed by atoms with Crippen LogP contribution >= 0.6 is 0 Å². The van der Waals surface area contributed by atoms with Gasteiger partial charge in [-0.1, -0.05) is 27.0 Å². The van der Waals surface area contributed by atoms with Crippen molar-refractivity contribution in [1.82, 2.24) is 18.9 Å². The number of hydrogen-bond acceptors (Lipinski definition) is 4. The lowest BCUT2D eigenvalue weighted by Gasteiger charge is -2.34. The highest BCUT2D eigenvalue weighted by atomic mass is 15.2. The van der Waals surface area contributed by atoms with Crippen LogP contribution in [0.3, 0.4) is 0 Å². The molecule has 0 bridgehead atoms. The summed E-state index contributed by atoms with van der Waals surface area (Å²) in [5, 5.41) is 8.79. The van der Waals surface area contributed by atoms with Crippen LogP contribution in [0.25, 0.3) is 12.4 Å². The molecule has 0 saturated heterocycles. The van der Waals surface area contributed by atoms with Crippen LogP contribution in [0.2, 0.25) is 0 Å². The molecule has 0 radical (unpaired) electrons. The Labute approximate surface area is 192 Å². The maximum absolute atomic E-state index is 4.40. The number of likely N-dealkylation sites (N-methyl/N-ethyl adjacent to an activating group) is 2. The third-order valence-corrected chi connectivity index (χ3v) is 7.37. The van der Waals surface area contributed by atoms with Gasteiger partial charge in [0.15, 0.2) is 0 Å². The van der Waals surface area contributed by atoms with Crippen LogP contribution in [0.5, 0.6) is 0 Å². The largest absolute Gasteiger partial charge is 0.319 e. The van der Waals surface area contributed by atoms with Crippen LogP contribution in [0, 0.1) is 0 Å². The van der Waals surface area contributed by atoms with E-state index >= 15 is 0 Å². The number of aromatic nitrogens is 2. The predicted molar refractivity (Wildman–Crippen MR) is 136 cm³/mol. The molecule has 0 aliphatic carbocycles. The van der Waals surface area contributed by atoms with Crippen LogP contribution in [0.15, 0.2) is 35.5 Å². The molecule has 2 aliphatic heterocycles. The van der Waals surface area contributed by atoms with Gasteiger partial charge in [0.05, 0.1) is 23.8 Å². The number of rotatable bonds is 5. The molecule has 0 aromatic carbocycles. The van der Waals surface area contributed by atoms with Crippen molar-refractivity contribution >= 4 is 24.8 Å². The van der Waals surface area contributed by atoms with Gasteiger partial charge in [0.1, 0.15) is 0 Å². The fraction of sp³-hybridized carbons (Fsp3) is 0.462. The standard InChI is InChI=1S/C26H36N6/c1-9-31-21(11-23-19(5)29(7)15-17(3)25(23)31)13-27-28-14-22-12-24-20(6)30(8)16-18(4)26(24)32(22)10-2/h9-14,17-20H,1-2,15-16H2,3-8H3. The van der Waals surface area contributed by atoms with Crippen molar-refractivity contribution < 1.29 is 0 Å². The fourth-order valence-electron chi connectivity index (χ4n) is 5.49. The lowest BCUT2D eigenvalue weighted by molar-refractivity contribution is 0.226. The molecule has 4 atom stereocenters. The highest BCUT2D eigenvalue weighted by Gasteiger charge is 2.31. The molecule has 2 aliphatic rings. The first kappa shape index (κ1) is 22.5. The molecule has 6 heteroatoms. The van der Waals surface area contributed by atoms with E-state index in [2.05, 4.69) is 96.2 Å². The molecule has 0 saturated carbocycles. The molecule has 0 spiro atoms. The first-order chi connectivity index (χ1) is 15.3. The maximum Gasteiger partial charge on any atom is 0.0736 e. The Hall–Kier alpha value is -2.70. The van der Waals surface area contributed by atoms with Gasteiger partial charge in [-0.05, 0) is 51.2 Å². The van der Waals surface area contributed by atoms with Crippen molar-refractivity contribution in [3.8, 4) is 0 Å². The fourth-order valence-corrected chi connectivity index (χ4v) is 5.49. The normalized spacial score (nSPS) is 26.6. The van der Waals surface area contributed by atoms with E-state index < -0.39 is 0 Å². The van der Waals surface area contributed by atoms with Crippen LogP contribution in [0.1, 0.15) is 85.5 Å². The van der Waals surface area contributed by atoms with Gasteiger partial charge in [0.25, 0.3) is 0 Å². The second-order valence-corrected chi connectivity index (χ2v) is 9.45. The van der Waals surface area contributed by atoms with Gasteiger partial charge in [-0.25, -0.2) is 0 Å². The zero-order chi connectivity index (χ0) is 23.2. The summed E-state index contributed by atoms with van der Waals surface area (Å²) in [4.78, 5) is 4.79. The third kappa shape index (κ3) is 3.61. The van der Waals surface area contributed by atoms with Gasteiger partial charge in [-0.15, -0.1) is 0 Å². The molecular weight excluding hydrogens is 396 g/mol. The van der Waals surface area contributed by atoms with E-state index in [1.54, 1.807) is 0 Å². The van der Waals surface area contributed by atoms with E-state index in [1.165, 1.54) is 22.5 Å². The molecule has 0 N–H and O–H groups in total. The highest BCUT2D eigenvalue weighted by molar-refractivity contribution is 5.83. The van der Waals surface area contributed by atoms with Gasteiger partial charge in [0.2, 0.25) is 0 Å². The summed E-state index contributed by atoms with van der Waals surface area (Å²) in [6, 6.07) is 5.19. The lowest BCUT2D eigenvalue weighted by Crippen LogP contribution is -2.32. The van der Waals surface area contributed by atoms with Gasteiger partial charge in [0, 0.05) is 60.8 Å². The van der Waals surface area contributed by atoms with E-state index in [0.717, 1.165) is 24.5 Å². The monoisotopic (exact) mass is 432 g/mol. The minimum atomic E-state index is 0.377. The molecule has 0 amide bonds. The van der Waals surface area contributed by atoms with Crippen molar-refractivity contribution in [3.05, 3.63) is 59.2 Å². The van der Waals surface area contributed by atoms with Crippen molar-refractivity contribution in [2.75, 3.05) is 27.2 Å². The number of hydrogen-bond donors (Lipinski definition) is 0. The molecule has 2 aromatic heterocycles. The zero-order valence-corrected chi connectivity index (χ0v) is 20.3. The second-order valence-electron chi connectivity index (χ2n) is 9.45. The second kappa shape index (κ2) is 8.68. The van der Waals surface area contributed by atoms with Crippen LogP contribution in [-0.4, -0.2) is 58.5 Å². The summed E-state index contributed by atoms with van der Waals surface area (Å²) in [7, 11) is 4.36. The van der Waals surface area contributed by atoms with Gasteiger partial charge >= 0.3 is 0 Å². The average Bonchev–Trinajstić information content (AvgIpc) is 3.32. The quantitative estimate of drug-likeness (QED) is 0.483. The van der Waals surface area contributed by atoms with Crippen molar-refractivity contribution in [3.63, 3.8) is 0 Å². The molecule has 0 fully saturated rings. The Morgan fingerprint density at radius 3 is 1.47 bits per heavy atom. The SMILES string of the molecule is C=Cn1c(C=NN=Cc2cc3c(n2C=C)C(C)CN(C)C3C)cc2c1C(C)CN(C)C2C. The average molecular weight is 433 g/mol. The molecule has 4 unspecified atom stereocenters. The molecule has 32 heavy (non-hydrogen) atoms. The van der Waals surface area contributed by atoms with Crippen LogP contribution < -0.4 is 0 Å². The molecule has 170 valence electrons. The summed E-state index contributed by atoms with van der Waals surface area (Å²) in [6.07, 6.45) is 7.43. The van der Waals surface area contributed by atoms with Gasteiger partial charge in [-0.2, -0.15) is 10.2 Å². The summed E-state index contributed by atoms with van der Waals surface area (Å²) in [5.74, 6) is 0.887. The number of nitrogens with zero attached hydrogens (tertiary/aromatic N) is 6. The summed E-state index contributed by atoms with van der Waals surface area (Å²) >= 11 is 0. The summed E-state index contributed by atoms with van der Waals surface area (Å²) in [5.41, 5.74) is 7.37. The lowest BCUT2D eigenvalue weighted by atomic mass is 9.93. The van der Waals surface area contributed by atoms with Crippen LogP contribution in [-0.2, 0) is 0 Å². The topological polar surface area (TPSA) is 41.1 Å². The zero-order valence-electron chi connectivity index (χ0n) is 20.3. The molecular formula is C26H36N6. The molecule has 6 nitrogen and oxygen atoms in total. The highest BCUT2D eigenvalue weighted by Crippen LogP contribution is 2.38. The predicted octanol–water partition coefficient (Wildman–Crippen LogP) is 5.16. The van der Waals surface area contributed by atoms with Gasteiger partial charge in [-0.3, -0.25) is 9.80 Å². The number of fused-ring (bicyclic) bond motifs is 2. The van der Waals surface area contributed by atoms with Crippen molar-refractivity contribution in [2.24, 2.45) is 10.2 Å². The minimum Gasteiger partial charge on any atom is -0.319 e. The van der Waals surface area contributed by atoms with Gasteiger partial charge < -0.3 is 9.13 Å². The van der Waals surface area contributed by atoms with E-state index in [9.17, 15) is 0 Å². The minimum absolute atomic E-state index is 0.377. The first-order valence-corrected chi connectivity index (χ1v) is 11.5. The smallest absolute Gasteiger partial charge is 0.0736 e. The molecule has 2 aromatic rings. The molecule has 4 rings (SSSR count). The summed E-state index contributed by atoms with van der Waals surface area (Å²) in [6.45, 7) is 19.2. The Morgan fingerprint density at radius 2 is 1.12 bits per heavy atom. The van der Waals surface area contributed by atoms with Crippen LogP contribution in [0.4, 0.5) is 0 Å². The van der Waals surface area contributed by atoms with E-state index in [1.807, 2.05) is 24.8 Å². The maximum atomic E-state index is 4.40. The van der Waals surface area contributed by atoms with Crippen molar-refractivity contribution in [2.45, 2.75) is 51.6 Å². The van der Waals surface area contributed by atoms with E-state index in [0.29, 0.717) is 23.9 Å². The summed E-state index contributed by atoms with van der Waals surface area (Å²) < 4.78 is 4.32. The Bertz CT molecular complexity index is 998. The first-order valence-electron chi connectivity index (χ1n) is 11.5.